The van der Waals surface area contributed by atoms with Gasteiger partial charge in [-0.25, -0.2) is 0 Å². The molecule has 2 N–H and O–H groups in total. The van der Waals surface area contributed by atoms with Crippen LogP contribution in [0.3, 0.4) is 0 Å². The summed E-state index contributed by atoms with van der Waals surface area (Å²) in [5, 5.41) is 11.5. The maximum absolute atomic E-state index is 11.7. The normalized spacial score (nSPS) is 12.6. The number of rotatable bonds is 6. The fourth-order valence-corrected chi connectivity index (χ4v) is 1.81. The zero-order chi connectivity index (χ0) is 15.5. The van der Waals surface area contributed by atoms with Crippen molar-refractivity contribution >= 4 is 11.9 Å². The molecular formula is C16H25NO3. The first-order valence-electron chi connectivity index (χ1n) is 7.05. The molecular weight excluding hydrogens is 254 g/mol. The molecule has 0 aromatic heterocycles. The Morgan fingerprint density at radius 2 is 1.65 bits per heavy atom. The van der Waals surface area contributed by atoms with Crippen molar-refractivity contribution in [3.8, 4) is 0 Å². The molecule has 0 bridgehead atoms. The van der Waals surface area contributed by atoms with E-state index in [1.54, 1.807) is 6.92 Å². The van der Waals surface area contributed by atoms with Gasteiger partial charge in [0.05, 0.1) is 6.04 Å². The van der Waals surface area contributed by atoms with E-state index in [0.717, 1.165) is 5.56 Å². The number of nitrogens with one attached hydrogen (secondary N) is 1. The minimum absolute atomic E-state index is 0.0210. The number of amides is 1. The molecule has 1 amide bonds. The van der Waals surface area contributed by atoms with Crippen LogP contribution in [0.5, 0.6) is 0 Å². The predicted octanol–water partition coefficient (Wildman–Crippen LogP) is 3.39. The monoisotopic (exact) mass is 279 g/mol. The molecule has 0 aliphatic rings. The van der Waals surface area contributed by atoms with Crippen LogP contribution in [-0.4, -0.2) is 17.0 Å². The maximum atomic E-state index is 11.7. The van der Waals surface area contributed by atoms with E-state index in [4.69, 9.17) is 5.11 Å². The summed E-state index contributed by atoms with van der Waals surface area (Å²) >= 11 is 0. The Bertz CT molecular complexity index is 403. The number of benzene rings is 1. The topological polar surface area (TPSA) is 66.4 Å². The van der Waals surface area contributed by atoms with Gasteiger partial charge in [-0.05, 0) is 18.4 Å². The molecule has 0 unspecified atom stereocenters. The summed E-state index contributed by atoms with van der Waals surface area (Å²) in [5.41, 5.74) is 1.04. The molecule has 20 heavy (non-hydrogen) atoms. The first-order chi connectivity index (χ1) is 9.49. The second-order valence-electron chi connectivity index (χ2n) is 4.61. The van der Waals surface area contributed by atoms with Gasteiger partial charge in [0.25, 0.3) is 0 Å². The highest BCUT2D eigenvalue weighted by Crippen LogP contribution is 2.13. The zero-order valence-electron chi connectivity index (χ0n) is 12.7. The van der Waals surface area contributed by atoms with Crippen molar-refractivity contribution < 1.29 is 14.7 Å². The SMILES string of the molecule is CC.C[C@H](CC(=O)O)CC(=O)N[C@@H](C)c1ccccc1. The Kier molecular flexibility index (Phi) is 9.09. The molecule has 4 nitrogen and oxygen atoms in total. The fourth-order valence-electron chi connectivity index (χ4n) is 1.81. The predicted molar refractivity (Wildman–Crippen MR) is 80.4 cm³/mol. The lowest BCUT2D eigenvalue weighted by Crippen LogP contribution is -2.28. The number of carboxylic acid groups (broad SMARTS) is 1. The van der Waals surface area contributed by atoms with Gasteiger partial charge < -0.3 is 10.4 Å². The fraction of sp³-hybridized carbons (Fsp3) is 0.500. The Balaban J connectivity index is 0.00000172. The van der Waals surface area contributed by atoms with Crippen LogP contribution >= 0.6 is 0 Å². The van der Waals surface area contributed by atoms with Crippen molar-refractivity contribution in [2.75, 3.05) is 0 Å². The quantitative estimate of drug-likeness (QED) is 0.838. The average Bonchev–Trinajstić information content (AvgIpc) is 2.40. The van der Waals surface area contributed by atoms with Crippen LogP contribution in [0, 0.1) is 5.92 Å². The van der Waals surface area contributed by atoms with E-state index in [2.05, 4.69) is 5.32 Å². The summed E-state index contributed by atoms with van der Waals surface area (Å²) in [6, 6.07) is 9.61. The van der Waals surface area contributed by atoms with Crippen molar-refractivity contribution in [3.05, 3.63) is 35.9 Å². The summed E-state index contributed by atoms with van der Waals surface area (Å²) in [6.07, 6.45) is 0.261. The van der Waals surface area contributed by atoms with Crippen molar-refractivity contribution in [2.45, 2.75) is 46.6 Å². The molecule has 0 aliphatic carbocycles. The van der Waals surface area contributed by atoms with E-state index in [0.29, 0.717) is 0 Å². The summed E-state index contributed by atoms with van der Waals surface area (Å²) < 4.78 is 0. The van der Waals surface area contributed by atoms with Gasteiger partial charge in [0.15, 0.2) is 0 Å². The molecule has 0 heterocycles. The summed E-state index contributed by atoms with van der Waals surface area (Å²) in [7, 11) is 0. The number of aliphatic carboxylic acids is 1. The second kappa shape index (κ2) is 10.0. The average molecular weight is 279 g/mol. The van der Waals surface area contributed by atoms with Crippen LogP contribution in [0.4, 0.5) is 0 Å². The van der Waals surface area contributed by atoms with E-state index in [-0.39, 0.29) is 30.7 Å². The van der Waals surface area contributed by atoms with E-state index in [1.807, 2.05) is 51.1 Å². The Morgan fingerprint density at radius 1 is 1.10 bits per heavy atom. The Hall–Kier alpha value is -1.84. The molecule has 0 aliphatic heterocycles. The van der Waals surface area contributed by atoms with E-state index in [9.17, 15) is 9.59 Å². The van der Waals surface area contributed by atoms with Gasteiger partial charge in [-0.2, -0.15) is 0 Å². The number of hydrogen-bond acceptors (Lipinski definition) is 2. The minimum atomic E-state index is -0.869. The van der Waals surface area contributed by atoms with Gasteiger partial charge in [-0.3, -0.25) is 9.59 Å². The Labute approximate surface area is 121 Å². The van der Waals surface area contributed by atoms with Gasteiger partial charge in [-0.1, -0.05) is 51.1 Å². The lowest BCUT2D eigenvalue weighted by molar-refractivity contribution is -0.138. The molecule has 112 valence electrons. The van der Waals surface area contributed by atoms with Crippen LogP contribution in [-0.2, 0) is 9.59 Å². The molecule has 0 spiro atoms. The van der Waals surface area contributed by atoms with Crippen molar-refractivity contribution in [1.82, 2.24) is 5.32 Å². The third-order valence-corrected chi connectivity index (χ3v) is 2.73. The van der Waals surface area contributed by atoms with Gasteiger partial charge in [-0.15, -0.1) is 0 Å². The highest BCUT2D eigenvalue weighted by atomic mass is 16.4. The summed E-state index contributed by atoms with van der Waals surface area (Å²) in [5.74, 6) is -1.13. The largest absolute Gasteiger partial charge is 0.481 e. The third-order valence-electron chi connectivity index (χ3n) is 2.73. The summed E-state index contributed by atoms with van der Waals surface area (Å²) in [6.45, 7) is 7.68. The van der Waals surface area contributed by atoms with Crippen molar-refractivity contribution in [3.63, 3.8) is 0 Å². The molecule has 1 aromatic carbocycles. The lowest BCUT2D eigenvalue weighted by Gasteiger charge is -2.15. The first kappa shape index (κ1) is 18.2. The molecule has 0 saturated heterocycles. The molecule has 4 heteroatoms. The van der Waals surface area contributed by atoms with Crippen LogP contribution in [0.25, 0.3) is 0 Å². The number of carboxylic acids is 1. The molecule has 0 saturated carbocycles. The summed E-state index contributed by atoms with van der Waals surface area (Å²) in [4.78, 5) is 22.2. The number of hydrogen-bond donors (Lipinski definition) is 2. The van der Waals surface area contributed by atoms with Crippen LogP contribution < -0.4 is 5.32 Å². The molecule has 0 radical (unpaired) electrons. The van der Waals surface area contributed by atoms with Crippen molar-refractivity contribution in [2.24, 2.45) is 5.92 Å². The smallest absolute Gasteiger partial charge is 0.303 e. The third kappa shape index (κ3) is 7.56. The maximum Gasteiger partial charge on any atom is 0.303 e. The van der Waals surface area contributed by atoms with Crippen LogP contribution in [0.15, 0.2) is 30.3 Å². The minimum Gasteiger partial charge on any atom is -0.481 e. The second-order valence-corrected chi connectivity index (χ2v) is 4.61. The molecule has 1 aromatic rings. The van der Waals surface area contributed by atoms with E-state index >= 15 is 0 Å². The van der Waals surface area contributed by atoms with Gasteiger partial charge in [0.1, 0.15) is 0 Å². The van der Waals surface area contributed by atoms with E-state index < -0.39 is 5.97 Å². The van der Waals surface area contributed by atoms with Crippen LogP contribution in [0.2, 0.25) is 0 Å². The van der Waals surface area contributed by atoms with Crippen LogP contribution in [0.1, 0.15) is 52.1 Å². The first-order valence-corrected chi connectivity index (χ1v) is 7.05. The van der Waals surface area contributed by atoms with Gasteiger partial charge in [0.2, 0.25) is 5.91 Å². The standard InChI is InChI=1S/C14H19NO3.C2H6/c1-10(9-14(17)18)8-13(16)15-11(2)12-6-4-3-5-7-12;1-2/h3-7,10-11H,8-9H2,1-2H3,(H,15,16)(H,17,18);1-2H3/t10-,11-;/m0./s1. The number of carbonyl (C=O) groups excluding carboxylic acids is 1. The molecule has 1 rings (SSSR count). The van der Waals surface area contributed by atoms with Gasteiger partial charge >= 0.3 is 5.97 Å². The Morgan fingerprint density at radius 3 is 2.15 bits per heavy atom. The number of carbonyl (C=O) groups is 2. The highest BCUT2D eigenvalue weighted by Gasteiger charge is 2.14. The molecule has 0 fully saturated rings. The highest BCUT2D eigenvalue weighted by molar-refractivity contribution is 5.77. The van der Waals surface area contributed by atoms with E-state index in [1.165, 1.54) is 0 Å². The zero-order valence-corrected chi connectivity index (χ0v) is 12.7. The van der Waals surface area contributed by atoms with Gasteiger partial charge in [0, 0.05) is 12.8 Å². The van der Waals surface area contributed by atoms with Crippen molar-refractivity contribution in [1.29, 1.82) is 0 Å². The molecule has 2 atom stereocenters. The lowest BCUT2D eigenvalue weighted by atomic mass is 10.0.